The molecule has 0 aliphatic carbocycles. The maximum absolute atomic E-state index is 12.6. The van der Waals surface area contributed by atoms with Crippen LogP contribution in [0.25, 0.3) is 0 Å². The standard InChI is InChI=1S/C18H16N4O3/c1-9-11(3)21-22(18(25)14(9)7-19)8-16(23)12-4-5-15-13(6-12)10(2)17(24)20-15/h4-6,10H,8H2,1-3H3,(H,20,24)/t10-/m0/s1. The number of anilines is 1. The van der Waals surface area contributed by atoms with Gasteiger partial charge in [0, 0.05) is 11.3 Å². The van der Waals surface area contributed by atoms with E-state index >= 15 is 0 Å². The van der Waals surface area contributed by atoms with E-state index < -0.39 is 5.56 Å². The number of Topliss-reactive ketones (excluding diaryl/α,β-unsaturated/α-hetero) is 1. The number of fused-ring (bicyclic) bond motifs is 1. The van der Waals surface area contributed by atoms with Gasteiger partial charge in [-0.15, -0.1) is 0 Å². The van der Waals surface area contributed by atoms with Crippen LogP contribution in [0, 0.1) is 25.2 Å². The van der Waals surface area contributed by atoms with Crippen molar-refractivity contribution in [1.29, 1.82) is 5.26 Å². The van der Waals surface area contributed by atoms with Crippen molar-refractivity contribution in [1.82, 2.24) is 9.78 Å². The molecule has 3 rings (SSSR count). The number of benzene rings is 1. The van der Waals surface area contributed by atoms with Crippen molar-refractivity contribution in [3.63, 3.8) is 0 Å². The lowest BCUT2D eigenvalue weighted by Crippen LogP contribution is -2.30. The highest BCUT2D eigenvalue weighted by molar-refractivity contribution is 6.04. The predicted molar refractivity (Wildman–Crippen MR) is 90.5 cm³/mol. The Balaban J connectivity index is 1.95. The molecule has 0 saturated carbocycles. The van der Waals surface area contributed by atoms with E-state index in [4.69, 9.17) is 5.26 Å². The number of nitrogens with zero attached hydrogens (tertiary/aromatic N) is 3. The van der Waals surface area contributed by atoms with Crippen LogP contribution in [-0.2, 0) is 11.3 Å². The number of aromatic nitrogens is 2. The van der Waals surface area contributed by atoms with Gasteiger partial charge in [0.1, 0.15) is 18.2 Å². The minimum absolute atomic E-state index is 0.00216. The summed E-state index contributed by atoms with van der Waals surface area (Å²) >= 11 is 0. The number of rotatable bonds is 3. The molecule has 7 heteroatoms. The van der Waals surface area contributed by atoms with Crippen LogP contribution in [0.1, 0.15) is 45.6 Å². The van der Waals surface area contributed by atoms with Crippen molar-refractivity contribution in [2.75, 3.05) is 5.32 Å². The van der Waals surface area contributed by atoms with E-state index in [-0.39, 0.29) is 29.7 Å². The number of hydrogen-bond acceptors (Lipinski definition) is 5. The van der Waals surface area contributed by atoms with Crippen molar-refractivity contribution in [3.8, 4) is 6.07 Å². The van der Waals surface area contributed by atoms with Gasteiger partial charge in [0.15, 0.2) is 5.78 Å². The zero-order chi connectivity index (χ0) is 18.3. The molecule has 1 aromatic heterocycles. The molecule has 0 saturated heterocycles. The van der Waals surface area contributed by atoms with Crippen molar-refractivity contribution in [3.05, 3.63) is 56.5 Å². The van der Waals surface area contributed by atoms with E-state index in [1.165, 1.54) is 0 Å². The Morgan fingerprint density at radius 2 is 2.08 bits per heavy atom. The van der Waals surface area contributed by atoms with Crippen LogP contribution in [0.15, 0.2) is 23.0 Å². The number of aryl methyl sites for hydroxylation is 1. The fraction of sp³-hybridized carbons (Fsp3) is 0.278. The van der Waals surface area contributed by atoms with Gasteiger partial charge in [0.05, 0.1) is 11.6 Å². The van der Waals surface area contributed by atoms with Gasteiger partial charge in [-0.25, -0.2) is 4.68 Å². The van der Waals surface area contributed by atoms with Crippen LogP contribution in [-0.4, -0.2) is 21.5 Å². The molecule has 126 valence electrons. The van der Waals surface area contributed by atoms with Crippen molar-refractivity contribution in [2.45, 2.75) is 33.2 Å². The Kier molecular flexibility index (Phi) is 3.97. The Morgan fingerprint density at radius 1 is 1.36 bits per heavy atom. The summed E-state index contributed by atoms with van der Waals surface area (Å²) in [7, 11) is 0. The third-order valence-corrected chi connectivity index (χ3v) is 4.53. The van der Waals surface area contributed by atoms with E-state index in [0.29, 0.717) is 22.5 Å². The summed E-state index contributed by atoms with van der Waals surface area (Å²) in [4.78, 5) is 36.6. The molecule has 1 aromatic carbocycles. The number of ketones is 1. The van der Waals surface area contributed by atoms with Crippen LogP contribution in [0.3, 0.4) is 0 Å². The van der Waals surface area contributed by atoms with Gasteiger partial charge < -0.3 is 5.32 Å². The van der Waals surface area contributed by atoms with Gasteiger partial charge >= 0.3 is 0 Å². The van der Waals surface area contributed by atoms with E-state index in [0.717, 1.165) is 10.2 Å². The quantitative estimate of drug-likeness (QED) is 0.858. The topological polar surface area (TPSA) is 105 Å². The lowest BCUT2D eigenvalue weighted by Gasteiger charge is -2.09. The lowest BCUT2D eigenvalue weighted by molar-refractivity contribution is -0.116. The molecule has 1 N–H and O–H groups in total. The molecule has 1 amide bonds. The zero-order valence-corrected chi connectivity index (χ0v) is 14.1. The van der Waals surface area contributed by atoms with E-state index in [1.54, 1.807) is 39.0 Å². The van der Waals surface area contributed by atoms with Crippen LogP contribution in [0.2, 0.25) is 0 Å². The number of nitriles is 1. The fourth-order valence-corrected chi connectivity index (χ4v) is 2.83. The van der Waals surface area contributed by atoms with E-state index in [1.807, 2.05) is 6.07 Å². The van der Waals surface area contributed by atoms with Crippen molar-refractivity contribution in [2.24, 2.45) is 0 Å². The normalized spacial score (nSPS) is 15.4. The second-order valence-electron chi connectivity index (χ2n) is 6.10. The summed E-state index contributed by atoms with van der Waals surface area (Å²) in [5, 5.41) is 16.0. The summed E-state index contributed by atoms with van der Waals surface area (Å²) in [5.41, 5.74) is 2.32. The molecule has 1 aliphatic heterocycles. The molecule has 7 nitrogen and oxygen atoms in total. The van der Waals surface area contributed by atoms with Crippen molar-refractivity contribution >= 4 is 17.4 Å². The van der Waals surface area contributed by atoms with Crippen LogP contribution >= 0.6 is 0 Å². The highest BCUT2D eigenvalue weighted by atomic mass is 16.2. The summed E-state index contributed by atoms with van der Waals surface area (Å²) in [5.74, 6) is -0.739. The Hall–Kier alpha value is -3.27. The highest BCUT2D eigenvalue weighted by Gasteiger charge is 2.27. The number of hydrogen-bond donors (Lipinski definition) is 1. The van der Waals surface area contributed by atoms with E-state index in [2.05, 4.69) is 10.4 Å². The molecule has 0 fully saturated rings. The van der Waals surface area contributed by atoms with Gasteiger partial charge in [0.2, 0.25) is 5.91 Å². The minimum atomic E-state index is -0.578. The minimum Gasteiger partial charge on any atom is -0.325 e. The smallest absolute Gasteiger partial charge is 0.285 e. The first kappa shape index (κ1) is 16.6. The van der Waals surface area contributed by atoms with Gasteiger partial charge in [-0.1, -0.05) is 0 Å². The zero-order valence-electron chi connectivity index (χ0n) is 14.1. The third kappa shape index (κ3) is 2.72. The van der Waals surface area contributed by atoms with Crippen LogP contribution in [0.4, 0.5) is 5.69 Å². The highest BCUT2D eigenvalue weighted by Crippen LogP contribution is 2.32. The average molecular weight is 336 g/mol. The number of carbonyl (C=O) groups is 2. The Bertz CT molecular complexity index is 1010. The van der Waals surface area contributed by atoms with Gasteiger partial charge in [-0.3, -0.25) is 14.4 Å². The second kappa shape index (κ2) is 5.98. The molecular formula is C18H16N4O3. The number of nitrogens with one attached hydrogen (secondary N) is 1. The van der Waals surface area contributed by atoms with Crippen LogP contribution < -0.4 is 10.9 Å². The lowest BCUT2D eigenvalue weighted by atomic mass is 9.99. The maximum Gasteiger partial charge on any atom is 0.285 e. The largest absolute Gasteiger partial charge is 0.325 e. The summed E-state index contributed by atoms with van der Waals surface area (Å²) < 4.78 is 1.02. The summed E-state index contributed by atoms with van der Waals surface area (Å²) in [6, 6.07) is 6.83. The maximum atomic E-state index is 12.6. The SMILES string of the molecule is Cc1nn(CC(=O)c2ccc3c(c2)[C@H](C)C(=O)N3)c(=O)c(C#N)c1C. The molecule has 0 unspecified atom stereocenters. The first-order valence-corrected chi connectivity index (χ1v) is 7.80. The molecule has 1 atom stereocenters. The second-order valence-corrected chi connectivity index (χ2v) is 6.10. The Labute approximate surface area is 143 Å². The third-order valence-electron chi connectivity index (χ3n) is 4.53. The predicted octanol–water partition coefficient (Wildman–Crippen LogP) is 1.67. The molecule has 0 radical (unpaired) electrons. The van der Waals surface area contributed by atoms with Gasteiger partial charge in [-0.05, 0) is 50.1 Å². The van der Waals surface area contributed by atoms with Gasteiger partial charge in [0.25, 0.3) is 5.56 Å². The summed E-state index contributed by atoms with van der Waals surface area (Å²) in [6.07, 6.45) is 0. The fourth-order valence-electron chi connectivity index (χ4n) is 2.83. The molecule has 2 aromatic rings. The molecular weight excluding hydrogens is 320 g/mol. The molecule has 1 aliphatic rings. The number of amides is 1. The molecule has 0 spiro atoms. The molecule has 25 heavy (non-hydrogen) atoms. The first-order valence-electron chi connectivity index (χ1n) is 7.80. The van der Waals surface area contributed by atoms with Crippen LogP contribution in [0.5, 0.6) is 0 Å². The number of carbonyl (C=O) groups excluding carboxylic acids is 2. The van der Waals surface area contributed by atoms with Gasteiger partial charge in [-0.2, -0.15) is 10.4 Å². The Morgan fingerprint density at radius 3 is 2.76 bits per heavy atom. The average Bonchev–Trinajstić information content (AvgIpc) is 2.87. The van der Waals surface area contributed by atoms with E-state index in [9.17, 15) is 14.4 Å². The first-order chi connectivity index (χ1) is 11.8. The summed E-state index contributed by atoms with van der Waals surface area (Å²) in [6.45, 7) is 4.85. The monoisotopic (exact) mass is 336 g/mol. The van der Waals surface area contributed by atoms with Crippen molar-refractivity contribution < 1.29 is 9.59 Å². The molecule has 0 bridgehead atoms. The molecule has 2 heterocycles.